The largest absolute Gasteiger partial charge is 0.389 e. The molecule has 0 amide bonds. The number of hydrogen-bond acceptors (Lipinski definition) is 5. The van der Waals surface area contributed by atoms with Crippen LogP contribution < -0.4 is 0 Å². The molecule has 2 heterocycles. The van der Waals surface area contributed by atoms with Gasteiger partial charge in [-0.1, -0.05) is 0 Å². The van der Waals surface area contributed by atoms with Gasteiger partial charge >= 0.3 is 0 Å². The monoisotopic (exact) mass is 304 g/mol. The van der Waals surface area contributed by atoms with Crippen molar-refractivity contribution in [3.05, 3.63) is 42.4 Å². The van der Waals surface area contributed by atoms with Crippen LogP contribution in [0.4, 0.5) is 0 Å². The van der Waals surface area contributed by atoms with E-state index in [1.54, 1.807) is 24.0 Å². The van der Waals surface area contributed by atoms with E-state index in [9.17, 15) is 5.11 Å². The van der Waals surface area contributed by atoms with Crippen molar-refractivity contribution in [3.63, 3.8) is 0 Å². The SMILES string of the molecule is CC(O)c1cc2c(cnn2CCOS)cc1-n1cccn1. The molecule has 7 heteroatoms. The van der Waals surface area contributed by atoms with E-state index >= 15 is 0 Å². The van der Waals surface area contributed by atoms with Crippen molar-refractivity contribution in [3.8, 4) is 5.69 Å². The maximum atomic E-state index is 10.1. The van der Waals surface area contributed by atoms with Crippen LogP contribution in [-0.4, -0.2) is 31.3 Å². The smallest absolute Gasteiger partial charge is 0.0807 e. The minimum Gasteiger partial charge on any atom is -0.389 e. The minimum atomic E-state index is -0.599. The van der Waals surface area contributed by atoms with Crippen LogP contribution in [0.2, 0.25) is 0 Å². The highest BCUT2D eigenvalue weighted by Crippen LogP contribution is 2.27. The van der Waals surface area contributed by atoms with Crippen molar-refractivity contribution >= 4 is 23.8 Å². The summed E-state index contributed by atoms with van der Waals surface area (Å²) in [5.74, 6) is 0. The van der Waals surface area contributed by atoms with Gasteiger partial charge in [0.2, 0.25) is 0 Å². The number of aromatic nitrogens is 4. The summed E-state index contributed by atoms with van der Waals surface area (Å²) in [6.45, 7) is 2.81. The number of thiol groups is 1. The average molecular weight is 304 g/mol. The van der Waals surface area contributed by atoms with E-state index in [2.05, 4.69) is 23.1 Å². The summed E-state index contributed by atoms with van der Waals surface area (Å²) in [6.07, 6.45) is 4.76. The molecule has 0 aliphatic heterocycles. The van der Waals surface area contributed by atoms with Gasteiger partial charge in [-0.05, 0) is 38.0 Å². The van der Waals surface area contributed by atoms with Crippen LogP contribution >= 0.6 is 12.9 Å². The predicted octanol–water partition coefficient (Wildman–Crippen LogP) is 2.14. The Balaban J connectivity index is 2.14. The molecule has 3 rings (SSSR count). The Bertz CT molecular complexity index is 737. The van der Waals surface area contributed by atoms with Crippen LogP contribution in [0.15, 0.2) is 36.8 Å². The van der Waals surface area contributed by atoms with Crippen LogP contribution in [-0.2, 0) is 10.7 Å². The van der Waals surface area contributed by atoms with Gasteiger partial charge in [0.25, 0.3) is 0 Å². The van der Waals surface area contributed by atoms with Crippen molar-refractivity contribution in [1.82, 2.24) is 19.6 Å². The first-order valence-corrected chi connectivity index (χ1v) is 7.01. The van der Waals surface area contributed by atoms with Crippen molar-refractivity contribution in [1.29, 1.82) is 0 Å². The molecular weight excluding hydrogens is 288 g/mol. The summed E-state index contributed by atoms with van der Waals surface area (Å²) in [4.78, 5) is 0. The average Bonchev–Trinajstić information content (AvgIpc) is 3.13. The van der Waals surface area contributed by atoms with Gasteiger partial charge in [-0.2, -0.15) is 10.2 Å². The van der Waals surface area contributed by atoms with Crippen molar-refractivity contribution < 1.29 is 9.29 Å². The third kappa shape index (κ3) is 2.67. The summed E-state index contributed by atoms with van der Waals surface area (Å²) in [7, 11) is 0. The molecule has 3 aromatic rings. The number of fused-ring (bicyclic) bond motifs is 1. The molecule has 21 heavy (non-hydrogen) atoms. The molecule has 0 bridgehead atoms. The number of benzene rings is 1. The highest BCUT2D eigenvalue weighted by atomic mass is 32.1. The van der Waals surface area contributed by atoms with E-state index in [1.807, 2.05) is 29.1 Å². The molecule has 110 valence electrons. The van der Waals surface area contributed by atoms with Crippen LogP contribution in [0.3, 0.4) is 0 Å². The van der Waals surface area contributed by atoms with Gasteiger partial charge in [-0.3, -0.25) is 4.68 Å². The lowest BCUT2D eigenvalue weighted by atomic mass is 10.1. The Morgan fingerprint density at radius 1 is 1.38 bits per heavy atom. The standard InChI is InChI=1S/C14H16N4O2S/c1-10(19)12-8-13-11(9-16-18(13)5-6-20-21)7-14(12)17-4-2-3-15-17/h2-4,7-10,19,21H,5-6H2,1H3. The van der Waals surface area contributed by atoms with Crippen LogP contribution in [0.25, 0.3) is 16.6 Å². The minimum absolute atomic E-state index is 0.463. The van der Waals surface area contributed by atoms with Crippen molar-refractivity contribution in [2.75, 3.05) is 6.61 Å². The van der Waals surface area contributed by atoms with E-state index in [0.29, 0.717) is 13.2 Å². The highest BCUT2D eigenvalue weighted by molar-refractivity contribution is 7.75. The number of aliphatic hydroxyl groups is 1. The summed E-state index contributed by atoms with van der Waals surface area (Å²) in [5, 5.41) is 19.6. The van der Waals surface area contributed by atoms with Gasteiger partial charge in [0.15, 0.2) is 0 Å². The Morgan fingerprint density at radius 2 is 2.24 bits per heavy atom. The maximum absolute atomic E-state index is 10.1. The molecule has 0 saturated carbocycles. The maximum Gasteiger partial charge on any atom is 0.0807 e. The molecule has 0 fully saturated rings. The van der Waals surface area contributed by atoms with Gasteiger partial charge < -0.3 is 9.29 Å². The quantitative estimate of drug-likeness (QED) is 0.560. The second-order valence-corrected chi connectivity index (χ2v) is 5.06. The molecule has 1 aromatic carbocycles. The second-order valence-electron chi connectivity index (χ2n) is 4.80. The fourth-order valence-corrected chi connectivity index (χ4v) is 2.46. The highest BCUT2D eigenvalue weighted by Gasteiger charge is 2.14. The summed E-state index contributed by atoms with van der Waals surface area (Å²) in [6, 6.07) is 5.78. The fourth-order valence-electron chi connectivity index (χ4n) is 2.38. The van der Waals surface area contributed by atoms with Crippen LogP contribution in [0, 0.1) is 0 Å². The number of hydrogen-bond donors (Lipinski definition) is 2. The van der Waals surface area contributed by atoms with E-state index in [0.717, 1.165) is 22.2 Å². The number of aliphatic hydroxyl groups excluding tert-OH is 1. The molecule has 0 spiro atoms. The lowest BCUT2D eigenvalue weighted by Gasteiger charge is -2.13. The van der Waals surface area contributed by atoms with Crippen molar-refractivity contribution in [2.45, 2.75) is 19.6 Å². The molecule has 0 aliphatic carbocycles. The second kappa shape index (κ2) is 5.88. The molecule has 0 saturated heterocycles. The molecular formula is C14H16N4O2S. The molecule has 2 aromatic heterocycles. The predicted molar refractivity (Wildman–Crippen MR) is 82.4 cm³/mol. The molecule has 1 unspecified atom stereocenters. The third-order valence-electron chi connectivity index (χ3n) is 3.39. The summed E-state index contributed by atoms with van der Waals surface area (Å²) < 4.78 is 8.38. The zero-order valence-corrected chi connectivity index (χ0v) is 12.4. The van der Waals surface area contributed by atoms with Gasteiger partial charge in [-0.25, -0.2) is 4.68 Å². The lowest BCUT2D eigenvalue weighted by Crippen LogP contribution is -2.06. The normalized spacial score (nSPS) is 12.9. The van der Waals surface area contributed by atoms with Gasteiger partial charge in [-0.15, -0.1) is 0 Å². The molecule has 6 nitrogen and oxygen atoms in total. The third-order valence-corrected chi connectivity index (χ3v) is 3.57. The number of nitrogens with zero attached hydrogens (tertiary/aromatic N) is 4. The number of rotatable bonds is 5. The van der Waals surface area contributed by atoms with Gasteiger partial charge in [0, 0.05) is 23.3 Å². The summed E-state index contributed by atoms with van der Waals surface area (Å²) in [5.41, 5.74) is 2.61. The first kappa shape index (κ1) is 14.1. The van der Waals surface area contributed by atoms with Crippen LogP contribution in [0.1, 0.15) is 18.6 Å². The van der Waals surface area contributed by atoms with Gasteiger partial charge in [0.05, 0.1) is 36.7 Å². The topological polar surface area (TPSA) is 65.1 Å². The first-order valence-electron chi connectivity index (χ1n) is 6.64. The van der Waals surface area contributed by atoms with E-state index in [-0.39, 0.29) is 0 Å². The molecule has 1 N–H and O–H groups in total. The Labute approximate surface area is 127 Å². The van der Waals surface area contributed by atoms with Crippen LogP contribution in [0.5, 0.6) is 0 Å². The first-order chi connectivity index (χ1) is 10.2. The van der Waals surface area contributed by atoms with E-state index in [4.69, 9.17) is 4.18 Å². The Morgan fingerprint density at radius 3 is 2.90 bits per heavy atom. The fraction of sp³-hybridized carbons (Fsp3) is 0.286. The molecule has 0 radical (unpaired) electrons. The molecule has 1 atom stereocenters. The zero-order chi connectivity index (χ0) is 14.8. The Hall–Kier alpha value is -1.83. The molecule has 0 aliphatic rings. The zero-order valence-electron chi connectivity index (χ0n) is 11.5. The Kier molecular flexibility index (Phi) is 3.96. The van der Waals surface area contributed by atoms with Gasteiger partial charge in [0.1, 0.15) is 0 Å². The van der Waals surface area contributed by atoms with E-state index in [1.165, 1.54) is 0 Å². The lowest BCUT2D eigenvalue weighted by molar-refractivity contribution is 0.199. The van der Waals surface area contributed by atoms with Crippen molar-refractivity contribution in [2.24, 2.45) is 0 Å². The van der Waals surface area contributed by atoms with E-state index < -0.39 is 6.10 Å². The summed E-state index contributed by atoms with van der Waals surface area (Å²) >= 11 is 3.74.